The van der Waals surface area contributed by atoms with Crippen molar-refractivity contribution in [1.82, 2.24) is 0 Å². The number of benzene rings is 2. The van der Waals surface area contributed by atoms with Crippen LogP contribution >= 0.6 is 0 Å². The highest BCUT2D eigenvalue weighted by Gasteiger charge is 2.20. The summed E-state index contributed by atoms with van der Waals surface area (Å²) in [7, 11) is 1.53. The van der Waals surface area contributed by atoms with Gasteiger partial charge in [-0.25, -0.2) is 4.79 Å². The molecule has 0 heterocycles. The molecule has 8 heteroatoms. The predicted octanol–water partition coefficient (Wildman–Crippen LogP) is 3.18. The average molecular weight is 398 g/mol. The van der Waals surface area contributed by atoms with Crippen LogP contribution in [0.3, 0.4) is 0 Å². The van der Waals surface area contributed by atoms with E-state index in [1.807, 2.05) is 12.1 Å². The molecule has 3 rings (SSSR count). The number of ketones is 1. The number of methoxy groups -OCH3 is 1. The molecule has 0 fully saturated rings. The molecule has 0 spiro atoms. The Labute approximate surface area is 168 Å². The van der Waals surface area contributed by atoms with Crippen molar-refractivity contribution < 1.29 is 24.0 Å². The van der Waals surface area contributed by atoms with Gasteiger partial charge in [0.25, 0.3) is 5.69 Å². The Hall–Kier alpha value is -3.26. The van der Waals surface area contributed by atoms with E-state index in [-0.39, 0.29) is 22.7 Å². The van der Waals surface area contributed by atoms with Gasteiger partial charge in [-0.3, -0.25) is 14.9 Å². The SMILES string of the molecule is COCCNc1ccc(C(=O)OCC(=O)c2ccc3c(c2)CCC3)cc1[N+](=O)[O-]. The Morgan fingerprint density at radius 2 is 1.86 bits per heavy atom. The maximum Gasteiger partial charge on any atom is 0.338 e. The molecule has 0 atom stereocenters. The average Bonchev–Trinajstić information content (AvgIpc) is 3.19. The second-order valence-corrected chi connectivity index (χ2v) is 6.74. The second kappa shape index (κ2) is 9.29. The third-order valence-electron chi connectivity index (χ3n) is 4.81. The van der Waals surface area contributed by atoms with Crippen molar-refractivity contribution in [2.75, 3.05) is 32.2 Å². The highest BCUT2D eigenvalue weighted by Crippen LogP contribution is 2.26. The number of nitro benzene ring substituents is 1. The summed E-state index contributed by atoms with van der Waals surface area (Å²) in [6.45, 7) is 0.349. The highest BCUT2D eigenvalue weighted by molar-refractivity contribution is 5.99. The van der Waals surface area contributed by atoms with E-state index in [4.69, 9.17) is 9.47 Å². The van der Waals surface area contributed by atoms with Crippen molar-refractivity contribution in [3.63, 3.8) is 0 Å². The number of nitrogens with zero attached hydrogens (tertiary/aromatic N) is 1. The minimum atomic E-state index is -0.786. The molecule has 2 aromatic carbocycles. The summed E-state index contributed by atoms with van der Waals surface area (Å²) >= 11 is 0. The van der Waals surface area contributed by atoms with Crippen LogP contribution in [0, 0.1) is 10.1 Å². The van der Waals surface area contributed by atoms with Crippen LogP contribution in [0.25, 0.3) is 0 Å². The summed E-state index contributed by atoms with van der Waals surface area (Å²) in [5.41, 5.74) is 2.95. The number of anilines is 1. The van der Waals surface area contributed by atoms with Crippen molar-refractivity contribution in [3.8, 4) is 0 Å². The van der Waals surface area contributed by atoms with Crippen LogP contribution in [0.1, 0.15) is 38.3 Å². The fourth-order valence-corrected chi connectivity index (χ4v) is 3.29. The van der Waals surface area contributed by atoms with Crippen molar-refractivity contribution in [2.24, 2.45) is 0 Å². The van der Waals surface area contributed by atoms with Crippen LogP contribution in [0.4, 0.5) is 11.4 Å². The lowest BCUT2D eigenvalue weighted by Crippen LogP contribution is -2.15. The monoisotopic (exact) mass is 398 g/mol. The Morgan fingerprint density at radius 1 is 1.10 bits per heavy atom. The topological polar surface area (TPSA) is 108 Å². The molecule has 0 bridgehead atoms. The molecule has 1 N–H and O–H groups in total. The van der Waals surface area contributed by atoms with Crippen LogP contribution < -0.4 is 5.32 Å². The van der Waals surface area contributed by atoms with Crippen LogP contribution in [0.15, 0.2) is 36.4 Å². The van der Waals surface area contributed by atoms with E-state index in [2.05, 4.69) is 5.32 Å². The number of nitro groups is 1. The molecule has 0 amide bonds. The quantitative estimate of drug-likeness (QED) is 0.227. The number of aryl methyl sites for hydroxylation is 2. The standard InChI is InChI=1S/C21H22N2O6/c1-28-10-9-22-18-8-7-17(12-19(18)23(26)27)21(25)29-13-20(24)16-6-5-14-3-2-4-15(14)11-16/h5-8,11-12,22H,2-4,9-10,13H2,1H3. The first kappa shape index (κ1) is 20.5. The largest absolute Gasteiger partial charge is 0.454 e. The van der Waals surface area contributed by atoms with Gasteiger partial charge < -0.3 is 14.8 Å². The number of carbonyl (C=O) groups excluding carboxylic acids is 2. The van der Waals surface area contributed by atoms with Gasteiger partial charge in [0, 0.05) is 25.3 Å². The first-order valence-electron chi connectivity index (χ1n) is 9.33. The van der Waals surface area contributed by atoms with Gasteiger partial charge >= 0.3 is 5.97 Å². The van der Waals surface area contributed by atoms with Crippen molar-refractivity contribution in [2.45, 2.75) is 19.3 Å². The smallest absolute Gasteiger partial charge is 0.338 e. The summed E-state index contributed by atoms with van der Waals surface area (Å²) in [6.07, 6.45) is 3.05. The van der Waals surface area contributed by atoms with Crippen molar-refractivity contribution >= 4 is 23.1 Å². The number of nitrogens with one attached hydrogen (secondary N) is 1. The minimum Gasteiger partial charge on any atom is -0.454 e. The van der Waals surface area contributed by atoms with Crippen molar-refractivity contribution in [1.29, 1.82) is 0 Å². The number of hydrogen-bond donors (Lipinski definition) is 1. The molecule has 2 aromatic rings. The van der Waals surface area contributed by atoms with Crippen LogP contribution in [0.2, 0.25) is 0 Å². The van der Waals surface area contributed by atoms with E-state index in [1.54, 1.807) is 6.07 Å². The number of fused-ring (bicyclic) bond motifs is 1. The van der Waals surface area contributed by atoms with Crippen LogP contribution in [0.5, 0.6) is 0 Å². The van der Waals surface area contributed by atoms with Gasteiger partial charge in [-0.05, 0) is 48.6 Å². The Bertz CT molecular complexity index is 941. The Kier molecular flexibility index (Phi) is 6.56. The van der Waals surface area contributed by atoms with Gasteiger partial charge in [-0.1, -0.05) is 12.1 Å². The molecule has 29 heavy (non-hydrogen) atoms. The zero-order valence-electron chi connectivity index (χ0n) is 16.1. The lowest BCUT2D eigenvalue weighted by atomic mass is 10.0. The number of ether oxygens (including phenoxy) is 2. The molecule has 0 aromatic heterocycles. The molecule has 0 saturated heterocycles. The van der Waals surface area contributed by atoms with E-state index in [0.717, 1.165) is 30.9 Å². The maximum atomic E-state index is 12.3. The van der Waals surface area contributed by atoms with E-state index in [1.165, 1.54) is 24.8 Å². The summed E-state index contributed by atoms with van der Waals surface area (Å²) in [6, 6.07) is 9.53. The van der Waals surface area contributed by atoms with E-state index >= 15 is 0 Å². The molecule has 1 aliphatic carbocycles. The molecule has 0 saturated carbocycles. The van der Waals surface area contributed by atoms with Crippen LogP contribution in [-0.2, 0) is 22.3 Å². The molecular weight excluding hydrogens is 376 g/mol. The molecular formula is C21H22N2O6. The molecule has 0 radical (unpaired) electrons. The van der Waals surface area contributed by atoms with Gasteiger partial charge in [-0.2, -0.15) is 0 Å². The summed E-state index contributed by atoms with van der Waals surface area (Å²) in [5, 5.41) is 14.2. The zero-order chi connectivity index (χ0) is 20.8. The van der Waals surface area contributed by atoms with Gasteiger partial charge in [-0.15, -0.1) is 0 Å². The lowest BCUT2D eigenvalue weighted by Gasteiger charge is -2.09. The Morgan fingerprint density at radius 3 is 2.62 bits per heavy atom. The third kappa shape index (κ3) is 4.97. The number of Topliss-reactive ketones (excluding diaryl/α,β-unsaturated/α-hetero) is 1. The normalized spacial score (nSPS) is 12.3. The zero-order valence-corrected chi connectivity index (χ0v) is 16.1. The summed E-state index contributed by atoms with van der Waals surface area (Å²) < 4.78 is 9.99. The molecule has 0 aliphatic heterocycles. The first-order chi connectivity index (χ1) is 14.0. The van der Waals surface area contributed by atoms with Gasteiger partial charge in [0.1, 0.15) is 5.69 Å². The molecule has 152 valence electrons. The van der Waals surface area contributed by atoms with Crippen molar-refractivity contribution in [3.05, 3.63) is 68.8 Å². The third-order valence-corrected chi connectivity index (χ3v) is 4.81. The van der Waals surface area contributed by atoms with Crippen LogP contribution in [-0.4, -0.2) is 43.5 Å². The number of carbonyl (C=O) groups is 2. The molecule has 1 aliphatic rings. The predicted molar refractivity (Wildman–Crippen MR) is 107 cm³/mol. The fraction of sp³-hybridized carbons (Fsp3) is 0.333. The van der Waals surface area contributed by atoms with Gasteiger partial charge in [0.05, 0.1) is 17.1 Å². The maximum absolute atomic E-state index is 12.3. The summed E-state index contributed by atoms with van der Waals surface area (Å²) in [4.78, 5) is 35.3. The summed E-state index contributed by atoms with van der Waals surface area (Å²) in [5.74, 6) is -1.09. The highest BCUT2D eigenvalue weighted by atomic mass is 16.6. The van der Waals surface area contributed by atoms with Gasteiger partial charge in [0.15, 0.2) is 12.4 Å². The lowest BCUT2D eigenvalue weighted by molar-refractivity contribution is -0.384. The van der Waals surface area contributed by atoms with E-state index < -0.39 is 17.5 Å². The first-order valence-corrected chi connectivity index (χ1v) is 9.33. The number of rotatable bonds is 9. The van der Waals surface area contributed by atoms with Gasteiger partial charge in [0.2, 0.25) is 0 Å². The van der Waals surface area contributed by atoms with E-state index in [9.17, 15) is 19.7 Å². The molecule has 0 unspecified atom stereocenters. The van der Waals surface area contributed by atoms with E-state index in [0.29, 0.717) is 18.7 Å². The Balaban J connectivity index is 1.64. The minimum absolute atomic E-state index is 0.00995. The second-order valence-electron chi connectivity index (χ2n) is 6.74. The molecule has 8 nitrogen and oxygen atoms in total. The number of esters is 1. The fourth-order valence-electron chi connectivity index (χ4n) is 3.29. The number of hydrogen-bond acceptors (Lipinski definition) is 7.